The van der Waals surface area contributed by atoms with Crippen LogP contribution in [0.2, 0.25) is 0 Å². The van der Waals surface area contributed by atoms with Crippen LogP contribution in [0.1, 0.15) is 29.5 Å². The monoisotopic (exact) mass is 640 g/mol. The maximum Gasteiger partial charge on any atom is 0.336 e. The fourth-order valence-corrected chi connectivity index (χ4v) is 3.73. The first-order chi connectivity index (χ1) is 22.7. The van der Waals surface area contributed by atoms with Crippen molar-refractivity contribution in [2.45, 2.75) is 19.8 Å². The Kier molecular flexibility index (Phi) is 14.7. The van der Waals surface area contributed by atoms with Gasteiger partial charge in [-0.25, -0.2) is 19.2 Å². The van der Waals surface area contributed by atoms with E-state index in [9.17, 15) is 19.2 Å². The molecule has 0 heterocycles. The minimum Gasteiger partial charge on any atom is -0.493 e. The van der Waals surface area contributed by atoms with Gasteiger partial charge in [-0.1, -0.05) is 37.4 Å². The molecular formula is C37H36O10. The SMILES string of the molecule is C=CC(=O)OCCCOc1ccc(C=CC(=O)Oc2ccc(OC(=O)C=Cc3ccc(OCCCOC(=O)C=C)cc3)c(C)c2)cc1. The summed E-state index contributed by atoms with van der Waals surface area (Å²) in [7, 11) is 0. The summed E-state index contributed by atoms with van der Waals surface area (Å²) in [6.45, 7) is 9.66. The van der Waals surface area contributed by atoms with Crippen LogP contribution in [0.15, 0.2) is 104 Å². The van der Waals surface area contributed by atoms with Crippen LogP contribution in [0.3, 0.4) is 0 Å². The molecule has 47 heavy (non-hydrogen) atoms. The summed E-state index contributed by atoms with van der Waals surface area (Å²) in [5, 5.41) is 0. The molecule has 0 N–H and O–H groups in total. The van der Waals surface area contributed by atoms with Crippen molar-refractivity contribution in [1.82, 2.24) is 0 Å². The average molecular weight is 641 g/mol. The third-order valence-electron chi connectivity index (χ3n) is 6.10. The van der Waals surface area contributed by atoms with Crippen LogP contribution in [0.4, 0.5) is 0 Å². The summed E-state index contributed by atoms with van der Waals surface area (Å²) in [6.07, 6.45) is 9.15. The zero-order valence-corrected chi connectivity index (χ0v) is 26.1. The summed E-state index contributed by atoms with van der Waals surface area (Å²) >= 11 is 0. The topological polar surface area (TPSA) is 124 Å². The number of rotatable bonds is 18. The molecule has 0 amide bonds. The van der Waals surface area contributed by atoms with Gasteiger partial charge in [-0.05, 0) is 78.2 Å². The normalized spacial score (nSPS) is 10.7. The predicted octanol–water partition coefficient (Wildman–Crippen LogP) is 6.23. The quantitative estimate of drug-likeness (QED) is 0.0684. The Hall–Kier alpha value is -5.90. The van der Waals surface area contributed by atoms with Gasteiger partial charge in [0, 0.05) is 37.1 Å². The van der Waals surface area contributed by atoms with E-state index < -0.39 is 23.9 Å². The van der Waals surface area contributed by atoms with Crippen LogP contribution < -0.4 is 18.9 Å². The van der Waals surface area contributed by atoms with Gasteiger partial charge in [0.05, 0.1) is 26.4 Å². The van der Waals surface area contributed by atoms with Crippen LogP contribution in [-0.2, 0) is 28.7 Å². The van der Waals surface area contributed by atoms with Crippen molar-refractivity contribution < 1.29 is 47.6 Å². The van der Waals surface area contributed by atoms with Crippen molar-refractivity contribution in [2.24, 2.45) is 0 Å². The van der Waals surface area contributed by atoms with Gasteiger partial charge in [-0.3, -0.25) is 0 Å². The van der Waals surface area contributed by atoms with Crippen molar-refractivity contribution >= 4 is 36.0 Å². The van der Waals surface area contributed by atoms with Gasteiger partial charge < -0.3 is 28.4 Å². The molecule has 0 bridgehead atoms. The van der Waals surface area contributed by atoms with Crippen LogP contribution in [0.25, 0.3) is 12.2 Å². The second kappa shape index (κ2) is 19.5. The maximum absolute atomic E-state index is 12.4. The van der Waals surface area contributed by atoms with E-state index in [1.165, 1.54) is 18.2 Å². The Morgan fingerprint density at radius 3 is 1.47 bits per heavy atom. The maximum atomic E-state index is 12.4. The van der Waals surface area contributed by atoms with Crippen molar-refractivity contribution in [3.63, 3.8) is 0 Å². The summed E-state index contributed by atoms with van der Waals surface area (Å²) in [5.41, 5.74) is 2.15. The molecule has 0 saturated carbocycles. The first-order valence-corrected chi connectivity index (χ1v) is 14.7. The molecule has 10 heteroatoms. The third-order valence-corrected chi connectivity index (χ3v) is 6.10. The standard InChI is InChI=1S/C37H36O10/c1-4-34(38)44-24-6-22-42-30-14-8-28(9-15-30)12-20-36(40)46-32-18-19-33(27(3)26-32)47-37(41)21-13-29-10-16-31(17-11-29)43-23-7-25-45-35(39)5-2/h4-5,8-21,26H,1-2,6-7,22-25H2,3H3. The second-order valence-corrected chi connectivity index (χ2v) is 9.72. The van der Waals surface area contributed by atoms with Crippen LogP contribution >= 0.6 is 0 Å². The van der Waals surface area contributed by atoms with Crippen molar-refractivity contribution in [3.05, 3.63) is 121 Å². The van der Waals surface area contributed by atoms with Crippen molar-refractivity contribution in [2.75, 3.05) is 26.4 Å². The molecule has 10 nitrogen and oxygen atoms in total. The van der Waals surface area contributed by atoms with E-state index in [1.54, 1.807) is 79.7 Å². The zero-order chi connectivity index (χ0) is 33.9. The summed E-state index contributed by atoms with van der Waals surface area (Å²) in [4.78, 5) is 46.8. The third kappa shape index (κ3) is 13.7. The average Bonchev–Trinajstić information content (AvgIpc) is 3.08. The fraction of sp³-hybridized carbons (Fsp3) is 0.189. The highest BCUT2D eigenvalue weighted by atomic mass is 16.5. The molecule has 0 unspecified atom stereocenters. The Morgan fingerprint density at radius 1 is 0.574 bits per heavy atom. The number of carbonyl (C=O) groups is 4. The molecule has 0 saturated heterocycles. The number of hydrogen-bond acceptors (Lipinski definition) is 10. The molecule has 0 atom stereocenters. The lowest BCUT2D eigenvalue weighted by atomic mass is 10.2. The summed E-state index contributed by atoms with van der Waals surface area (Å²) < 4.78 is 31.8. The highest BCUT2D eigenvalue weighted by Gasteiger charge is 2.08. The van der Waals surface area contributed by atoms with Gasteiger partial charge in [0.25, 0.3) is 0 Å². The Labute approximate surface area is 273 Å². The number of ether oxygens (including phenoxy) is 6. The highest BCUT2D eigenvalue weighted by Crippen LogP contribution is 2.24. The van der Waals surface area contributed by atoms with Gasteiger partial charge in [0.2, 0.25) is 0 Å². The Morgan fingerprint density at radius 2 is 1.02 bits per heavy atom. The number of benzene rings is 3. The van der Waals surface area contributed by atoms with E-state index in [-0.39, 0.29) is 13.2 Å². The molecule has 0 fully saturated rings. The first kappa shape index (κ1) is 35.6. The molecule has 0 radical (unpaired) electrons. The molecular weight excluding hydrogens is 604 g/mol. The number of aryl methyl sites for hydroxylation is 1. The van der Waals surface area contributed by atoms with E-state index in [1.807, 2.05) is 0 Å². The van der Waals surface area contributed by atoms with Gasteiger partial charge in [0.1, 0.15) is 23.0 Å². The van der Waals surface area contributed by atoms with Gasteiger partial charge in [-0.15, -0.1) is 0 Å². The molecule has 3 aromatic carbocycles. The summed E-state index contributed by atoms with van der Waals surface area (Å²) in [5.74, 6) is -0.156. The summed E-state index contributed by atoms with van der Waals surface area (Å²) in [6, 6.07) is 18.9. The van der Waals surface area contributed by atoms with Crippen LogP contribution in [0, 0.1) is 6.92 Å². The fourth-order valence-electron chi connectivity index (χ4n) is 3.73. The van der Waals surface area contributed by atoms with E-state index >= 15 is 0 Å². The van der Waals surface area contributed by atoms with E-state index in [4.69, 9.17) is 28.4 Å². The van der Waals surface area contributed by atoms with Crippen molar-refractivity contribution in [3.8, 4) is 23.0 Å². The van der Waals surface area contributed by atoms with E-state index in [2.05, 4.69) is 13.2 Å². The molecule has 3 rings (SSSR count). The lowest BCUT2D eigenvalue weighted by molar-refractivity contribution is -0.138. The number of esters is 4. The van der Waals surface area contributed by atoms with Gasteiger partial charge in [-0.2, -0.15) is 0 Å². The molecule has 0 spiro atoms. The lowest BCUT2D eigenvalue weighted by Crippen LogP contribution is -2.07. The lowest BCUT2D eigenvalue weighted by Gasteiger charge is -2.08. The van der Waals surface area contributed by atoms with E-state index in [0.29, 0.717) is 54.6 Å². The molecule has 3 aromatic rings. The second-order valence-electron chi connectivity index (χ2n) is 9.72. The molecule has 244 valence electrons. The van der Waals surface area contributed by atoms with Gasteiger partial charge in [0.15, 0.2) is 0 Å². The van der Waals surface area contributed by atoms with Crippen LogP contribution in [0.5, 0.6) is 23.0 Å². The first-order valence-electron chi connectivity index (χ1n) is 14.7. The zero-order valence-electron chi connectivity index (χ0n) is 26.1. The molecule has 0 aliphatic rings. The molecule has 0 aliphatic heterocycles. The van der Waals surface area contributed by atoms with E-state index in [0.717, 1.165) is 23.3 Å². The van der Waals surface area contributed by atoms with Crippen LogP contribution in [-0.4, -0.2) is 50.3 Å². The van der Waals surface area contributed by atoms with Gasteiger partial charge >= 0.3 is 23.9 Å². The molecule has 0 aliphatic carbocycles. The Balaban J connectivity index is 1.40. The minimum atomic E-state index is -0.572. The minimum absolute atomic E-state index is 0.244. The number of hydrogen-bond donors (Lipinski definition) is 0. The van der Waals surface area contributed by atoms with Crippen molar-refractivity contribution in [1.29, 1.82) is 0 Å². The predicted molar refractivity (Wildman–Crippen MR) is 176 cm³/mol. The Bertz CT molecular complexity index is 1580. The highest BCUT2D eigenvalue weighted by molar-refractivity contribution is 5.90. The number of carbonyl (C=O) groups excluding carboxylic acids is 4. The largest absolute Gasteiger partial charge is 0.493 e. The molecule has 0 aromatic heterocycles. The smallest absolute Gasteiger partial charge is 0.336 e.